The number of aliphatic hydroxyl groups is 3. The highest BCUT2D eigenvalue weighted by atomic mass is 16.5. The fourth-order valence-corrected chi connectivity index (χ4v) is 0.979. The van der Waals surface area contributed by atoms with Crippen LogP contribution in [0.25, 0.3) is 0 Å². The molecule has 0 atom stereocenters. The highest BCUT2D eigenvalue weighted by Gasteiger charge is 2.02. The molecule has 5 nitrogen and oxygen atoms in total. The van der Waals surface area contributed by atoms with E-state index < -0.39 is 0 Å². The number of hydrogen-bond acceptors (Lipinski definition) is 5. The van der Waals surface area contributed by atoms with Crippen molar-refractivity contribution in [3.8, 4) is 0 Å². The number of ether oxygens (including phenoxy) is 1. The van der Waals surface area contributed by atoms with Gasteiger partial charge in [-0.25, -0.2) is 0 Å². The second-order valence-corrected chi connectivity index (χ2v) is 2.62. The van der Waals surface area contributed by atoms with E-state index in [4.69, 9.17) is 20.1 Å². The van der Waals surface area contributed by atoms with Gasteiger partial charge in [-0.3, -0.25) is 4.90 Å². The van der Waals surface area contributed by atoms with Crippen molar-refractivity contribution in [1.82, 2.24) is 4.90 Å². The summed E-state index contributed by atoms with van der Waals surface area (Å²) in [7, 11) is 0. The minimum Gasteiger partial charge on any atom is -0.395 e. The van der Waals surface area contributed by atoms with Crippen molar-refractivity contribution in [2.45, 2.75) is 0 Å². The summed E-state index contributed by atoms with van der Waals surface area (Å²) in [5, 5.41) is 25.7. The molecular weight excluding hydrogens is 174 g/mol. The van der Waals surface area contributed by atoms with Crippen LogP contribution in [0, 0.1) is 0 Å². The monoisotopic (exact) mass is 193 g/mol. The van der Waals surface area contributed by atoms with E-state index in [0.29, 0.717) is 32.8 Å². The van der Waals surface area contributed by atoms with Crippen molar-refractivity contribution in [2.75, 3.05) is 52.7 Å². The normalized spacial score (nSPS) is 11.1. The number of rotatable bonds is 9. The predicted molar refractivity (Wildman–Crippen MR) is 48.5 cm³/mol. The van der Waals surface area contributed by atoms with Crippen LogP contribution in [-0.2, 0) is 4.74 Å². The van der Waals surface area contributed by atoms with Gasteiger partial charge in [0.2, 0.25) is 0 Å². The highest BCUT2D eigenvalue weighted by molar-refractivity contribution is 4.55. The zero-order chi connectivity index (χ0) is 9.94. The summed E-state index contributed by atoms with van der Waals surface area (Å²) >= 11 is 0. The highest BCUT2D eigenvalue weighted by Crippen LogP contribution is 1.87. The number of nitrogens with zero attached hydrogens (tertiary/aromatic N) is 1. The maximum Gasteiger partial charge on any atom is 0.0698 e. The summed E-state index contributed by atoms with van der Waals surface area (Å²) in [6.07, 6.45) is 0. The Hall–Kier alpha value is -0.200. The van der Waals surface area contributed by atoms with E-state index in [9.17, 15) is 0 Å². The lowest BCUT2D eigenvalue weighted by Crippen LogP contribution is -2.33. The van der Waals surface area contributed by atoms with Crippen molar-refractivity contribution < 1.29 is 20.1 Å². The van der Waals surface area contributed by atoms with Gasteiger partial charge in [-0.2, -0.15) is 0 Å². The molecule has 0 radical (unpaired) electrons. The van der Waals surface area contributed by atoms with E-state index in [1.807, 2.05) is 4.90 Å². The summed E-state index contributed by atoms with van der Waals surface area (Å²) in [6, 6.07) is 0. The Morgan fingerprint density at radius 3 is 1.85 bits per heavy atom. The van der Waals surface area contributed by atoms with Crippen LogP contribution in [0.1, 0.15) is 0 Å². The fourth-order valence-electron chi connectivity index (χ4n) is 0.979. The maximum absolute atomic E-state index is 8.66. The number of hydrogen-bond donors (Lipinski definition) is 3. The van der Waals surface area contributed by atoms with Gasteiger partial charge in [-0.1, -0.05) is 0 Å². The Balaban J connectivity index is 3.33. The van der Waals surface area contributed by atoms with E-state index in [1.165, 1.54) is 0 Å². The van der Waals surface area contributed by atoms with E-state index in [2.05, 4.69) is 0 Å². The molecule has 0 saturated carbocycles. The number of aliphatic hydroxyl groups excluding tert-OH is 3. The summed E-state index contributed by atoms with van der Waals surface area (Å²) in [5.41, 5.74) is 0. The van der Waals surface area contributed by atoms with E-state index >= 15 is 0 Å². The lowest BCUT2D eigenvalue weighted by Gasteiger charge is -2.19. The van der Waals surface area contributed by atoms with Crippen LogP contribution in [0.3, 0.4) is 0 Å². The summed E-state index contributed by atoms with van der Waals surface area (Å²) in [4.78, 5) is 1.90. The van der Waals surface area contributed by atoms with Gasteiger partial charge in [0.1, 0.15) is 0 Å². The van der Waals surface area contributed by atoms with Gasteiger partial charge in [-0.05, 0) is 0 Å². The topological polar surface area (TPSA) is 73.2 Å². The van der Waals surface area contributed by atoms with Gasteiger partial charge in [0.25, 0.3) is 0 Å². The van der Waals surface area contributed by atoms with Gasteiger partial charge < -0.3 is 20.1 Å². The minimum atomic E-state index is 0.0278. The second kappa shape index (κ2) is 9.88. The molecular formula is C8H19NO4. The quantitative estimate of drug-likeness (QED) is 0.380. The minimum absolute atomic E-state index is 0.0278. The molecule has 3 N–H and O–H groups in total. The van der Waals surface area contributed by atoms with E-state index in [0.717, 1.165) is 0 Å². The molecule has 0 bridgehead atoms. The third-order valence-corrected chi connectivity index (χ3v) is 1.62. The third-order valence-electron chi connectivity index (χ3n) is 1.62. The standard InChI is InChI=1S/C8H19NO4/c10-4-1-9(2-5-11)3-7-13-8-6-12/h10-12H,1-8H2. The van der Waals surface area contributed by atoms with Gasteiger partial charge in [0.05, 0.1) is 33.0 Å². The van der Waals surface area contributed by atoms with Crippen molar-refractivity contribution in [1.29, 1.82) is 0 Å². The van der Waals surface area contributed by atoms with E-state index in [1.54, 1.807) is 0 Å². The zero-order valence-corrected chi connectivity index (χ0v) is 7.85. The first-order valence-corrected chi connectivity index (χ1v) is 4.47. The Labute approximate surface area is 78.5 Å². The maximum atomic E-state index is 8.66. The molecule has 0 rings (SSSR count). The van der Waals surface area contributed by atoms with Gasteiger partial charge in [0.15, 0.2) is 0 Å². The van der Waals surface area contributed by atoms with Crippen LogP contribution < -0.4 is 0 Å². The summed E-state index contributed by atoms with van der Waals surface area (Å²) in [6.45, 7) is 2.81. The Bertz CT molecular complexity index is 96.1. The molecule has 0 aromatic rings. The van der Waals surface area contributed by atoms with Crippen LogP contribution in [-0.4, -0.2) is 72.9 Å². The molecule has 0 aliphatic rings. The molecule has 0 aromatic carbocycles. The first kappa shape index (κ1) is 12.8. The molecule has 0 amide bonds. The molecule has 5 heteroatoms. The second-order valence-electron chi connectivity index (χ2n) is 2.62. The fraction of sp³-hybridized carbons (Fsp3) is 1.00. The van der Waals surface area contributed by atoms with Crippen LogP contribution in [0.4, 0.5) is 0 Å². The molecule has 80 valence electrons. The van der Waals surface area contributed by atoms with Crippen molar-refractivity contribution in [2.24, 2.45) is 0 Å². The molecule has 0 saturated heterocycles. The molecule has 0 aliphatic heterocycles. The van der Waals surface area contributed by atoms with Crippen LogP contribution in [0.5, 0.6) is 0 Å². The Morgan fingerprint density at radius 1 is 0.769 bits per heavy atom. The van der Waals surface area contributed by atoms with Crippen LogP contribution >= 0.6 is 0 Å². The molecule has 0 spiro atoms. The summed E-state index contributed by atoms with van der Waals surface area (Å²) in [5.74, 6) is 0. The van der Waals surface area contributed by atoms with E-state index in [-0.39, 0.29) is 19.8 Å². The SMILES string of the molecule is OCCOCCN(CCO)CCO. The smallest absolute Gasteiger partial charge is 0.0698 e. The average Bonchev–Trinajstić information content (AvgIpc) is 2.13. The molecule has 0 heterocycles. The average molecular weight is 193 g/mol. The van der Waals surface area contributed by atoms with Gasteiger partial charge >= 0.3 is 0 Å². The largest absolute Gasteiger partial charge is 0.395 e. The lowest BCUT2D eigenvalue weighted by molar-refractivity contribution is 0.0646. The summed E-state index contributed by atoms with van der Waals surface area (Å²) < 4.78 is 5.05. The van der Waals surface area contributed by atoms with Gasteiger partial charge in [-0.15, -0.1) is 0 Å². The molecule has 13 heavy (non-hydrogen) atoms. The van der Waals surface area contributed by atoms with Crippen molar-refractivity contribution in [3.05, 3.63) is 0 Å². The van der Waals surface area contributed by atoms with Gasteiger partial charge in [0, 0.05) is 19.6 Å². The Morgan fingerprint density at radius 2 is 1.38 bits per heavy atom. The molecule has 0 unspecified atom stereocenters. The van der Waals surface area contributed by atoms with Crippen LogP contribution in [0.15, 0.2) is 0 Å². The first-order valence-electron chi connectivity index (χ1n) is 4.47. The molecule has 0 aromatic heterocycles. The third kappa shape index (κ3) is 8.14. The molecule has 0 aliphatic carbocycles. The first-order chi connectivity index (χ1) is 6.35. The zero-order valence-electron chi connectivity index (χ0n) is 7.85. The lowest BCUT2D eigenvalue weighted by atomic mass is 10.4. The van der Waals surface area contributed by atoms with Crippen molar-refractivity contribution >= 4 is 0 Å². The molecule has 0 fully saturated rings. The Kier molecular flexibility index (Phi) is 9.73. The predicted octanol–water partition coefficient (Wildman–Crippen LogP) is -1.72. The van der Waals surface area contributed by atoms with Crippen LogP contribution in [0.2, 0.25) is 0 Å². The van der Waals surface area contributed by atoms with Crippen molar-refractivity contribution in [3.63, 3.8) is 0 Å².